The molecule has 0 atom stereocenters. The summed E-state index contributed by atoms with van der Waals surface area (Å²) in [5.41, 5.74) is 0.358. The summed E-state index contributed by atoms with van der Waals surface area (Å²) in [6, 6.07) is 5.56. The number of carbonyl (C=O) groups excluding carboxylic acids is 1. The van der Waals surface area contributed by atoms with E-state index in [0.717, 1.165) is 13.0 Å². The average molecular weight is 297 g/mol. The van der Waals surface area contributed by atoms with Gasteiger partial charge in [0.25, 0.3) is 0 Å². The third kappa shape index (κ3) is 4.24. The zero-order valence-electron chi connectivity index (χ0n) is 10.6. The maximum atomic E-state index is 13.2. The van der Waals surface area contributed by atoms with Crippen LogP contribution in [-0.2, 0) is 6.54 Å². The minimum absolute atomic E-state index is 0.0233. The van der Waals surface area contributed by atoms with Crippen molar-refractivity contribution in [2.75, 3.05) is 11.9 Å². The van der Waals surface area contributed by atoms with Crippen molar-refractivity contribution in [1.82, 2.24) is 15.1 Å². The number of nitrogens with one attached hydrogen (secondary N) is 2. The van der Waals surface area contributed by atoms with Crippen molar-refractivity contribution < 1.29 is 9.18 Å². The molecule has 7 heteroatoms. The quantitative estimate of drug-likeness (QED) is 0.834. The Morgan fingerprint density at radius 1 is 1.45 bits per heavy atom. The molecule has 1 aromatic heterocycles. The zero-order chi connectivity index (χ0) is 14.4. The Morgan fingerprint density at radius 3 is 3.00 bits per heavy atom. The van der Waals surface area contributed by atoms with Crippen LogP contribution in [0.2, 0.25) is 5.02 Å². The van der Waals surface area contributed by atoms with Crippen molar-refractivity contribution in [2.45, 2.75) is 13.0 Å². The summed E-state index contributed by atoms with van der Waals surface area (Å²) < 4.78 is 15.0. The Kier molecular flexibility index (Phi) is 4.95. The molecule has 2 aromatic rings. The van der Waals surface area contributed by atoms with Gasteiger partial charge in [0, 0.05) is 31.2 Å². The molecule has 106 valence electrons. The molecule has 1 heterocycles. The molecule has 2 N–H and O–H groups in total. The second-order valence-corrected chi connectivity index (χ2v) is 4.54. The Balaban J connectivity index is 1.71. The lowest BCUT2D eigenvalue weighted by Gasteiger charge is -2.08. The number of benzene rings is 1. The molecule has 0 fully saturated rings. The van der Waals surface area contributed by atoms with Crippen LogP contribution in [0.4, 0.5) is 14.9 Å². The van der Waals surface area contributed by atoms with Gasteiger partial charge < -0.3 is 10.6 Å². The maximum absolute atomic E-state index is 13.2. The predicted octanol–water partition coefficient (Wildman–Crippen LogP) is 2.89. The van der Waals surface area contributed by atoms with Gasteiger partial charge in [0.1, 0.15) is 5.82 Å². The van der Waals surface area contributed by atoms with Crippen molar-refractivity contribution in [3.05, 3.63) is 47.5 Å². The van der Waals surface area contributed by atoms with Crippen LogP contribution in [-0.4, -0.2) is 22.4 Å². The largest absolute Gasteiger partial charge is 0.338 e. The number of amides is 2. The smallest absolute Gasteiger partial charge is 0.319 e. The third-order valence-electron chi connectivity index (χ3n) is 2.59. The number of hydrogen-bond acceptors (Lipinski definition) is 2. The number of aryl methyl sites for hydroxylation is 1. The number of carbonyl (C=O) groups is 1. The van der Waals surface area contributed by atoms with E-state index < -0.39 is 5.82 Å². The molecule has 0 saturated carbocycles. The van der Waals surface area contributed by atoms with Gasteiger partial charge in [-0.15, -0.1) is 0 Å². The molecule has 0 aliphatic rings. The van der Waals surface area contributed by atoms with Gasteiger partial charge in [0.2, 0.25) is 0 Å². The van der Waals surface area contributed by atoms with Gasteiger partial charge in [0.15, 0.2) is 0 Å². The summed E-state index contributed by atoms with van der Waals surface area (Å²) in [5, 5.41) is 9.29. The molecular formula is C13H14ClFN4O. The van der Waals surface area contributed by atoms with E-state index in [2.05, 4.69) is 15.7 Å². The SMILES string of the molecule is O=C(NCCCn1cccn1)Nc1ccc(Cl)c(F)c1. The van der Waals surface area contributed by atoms with Crippen molar-refractivity contribution in [3.8, 4) is 0 Å². The topological polar surface area (TPSA) is 59.0 Å². The highest BCUT2D eigenvalue weighted by molar-refractivity contribution is 6.30. The Labute approximate surface area is 120 Å². The number of halogens is 2. The number of urea groups is 1. The number of hydrogen-bond donors (Lipinski definition) is 2. The second-order valence-electron chi connectivity index (χ2n) is 4.13. The van der Waals surface area contributed by atoms with Gasteiger partial charge in [-0.25, -0.2) is 9.18 Å². The Bertz CT molecular complexity index is 574. The standard InChI is InChI=1S/C13H14ClFN4O/c14-11-4-3-10(9-12(11)15)18-13(20)16-5-1-7-19-8-2-6-17-19/h2-4,6,8-9H,1,5,7H2,(H2,16,18,20). The van der Waals surface area contributed by atoms with E-state index in [1.165, 1.54) is 18.2 Å². The molecule has 0 saturated heterocycles. The fraction of sp³-hybridized carbons (Fsp3) is 0.231. The van der Waals surface area contributed by atoms with Crippen molar-refractivity contribution in [3.63, 3.8) is 0 Å². The zero-order valence-corrected chi connectivity index (χ0v) is 11.4. The normalized spacial score (nSPS) is 10.3. The third-order valence-corrected chi connectivity index (χ3v) is 2.89. The first-order chi connectivity index (χ1) is 9.65. The van der Waals surface area contributed by atoms with Gasteiger partial charge in [-0.05, 0) is 30.7 Å². The summed E-state index contributed by atoms with van der Waals surface area (Å²) in [6.07, 6.45) is 4.32. The van der Waals surface area contributed by atoms with Crippen LogP contribution in [0.15, 0.2) is 36.7 Å². The van der Waals surface area contributed by atoms with Crippen LogP contribution in [0.3, 0.4) is 0 Å². The van der Waals surface area contributed by atoms with Crippen LogP contribution in [0.5, 0.6) is 0 Å². The van der Waals surface area contributed by atoms with Crippen molar-refractivity contribution >= 4 is 23.3 Å². The van der Waals surface area contributed by atoms with Crippen LogP contribution in [0, 0.1) is 5.82 Å². The molecule has 5 nitrogen and oxygen atoms in total. The average Bonchev–Trinajstić information content (AvgIpc) is 2.92. The van der Waals surface area contributed by atoms with Crippen molar-refractivity contribution in [2.24, 2.45) is 0 Å². The molecule has 20 heavy (non-hydrogen) atoms. The summed E-state index contributed by atoms with van der Waals surface area (Å²) in [5.74, 6) is -0.567. The lowest BCUT2D eigenvalue weighted by Crippen LogP contribution is -2.30. The van der Waals surface area contributed by atoms with Crippen molar-refractivity contribution in [1.29, 1.82) is 0 Å². The molecule has 0 aliphatic heterocycles. The second kappa shape index (κ2) is 6.91. The first-order valence-electron chi connectivity index (χ1n) is 6.12. The van der Waals surface area contributed by atoms with E-state index >= 15 is 0 Å². The minimum atomic E-state index is -0.567. The monoisotopic (exact) mass is 296 g/mol. The fourth-order valence-corrected chi connectivity index (χ4v) is 1.74. The molecule has 1 aromatic carbocycles. The Morgan fingerprint density at radius 2 is 2.30 bits per heavy atom. The maximum Gasteiger partial charge on any atom is 0.319 e. The minimum Gasteiger partial charge on any atom is -0.338 e. The number of nitrogens with zero attached hydrogens (tertiary/aromatic N) is 2. The van der Waals surface area contributed by atoms with Gasteiger partial charge in [-0.2, -0.15) is 5.10 Å². The highest BCUT2D eigenvalue weighted by atomic mass is 35.5. The molecule has 2 rings (SSSR count). The first-order valence-corrected chi connectivity index (χ1v) is 6.50. The summed E-state index contributed by atoms with van der Waals surface area (Å²) in [7, 11) is 0. The number of anilines is 1. The van der Waals surface area contributed by atoms with E-state index in [0.29, 0.717) is 12.2 Å². The number of rotatable bonds is 5. The summed E-state index contributed by atoms with van der Waals surface area (Å²) in [6.45, 7) is 1.23. The van der Waals surface area contributed by atoms with Gasteiger partial charge in [0.05, 0.1) is 5.02 Å². The predicted molar refractivity (Wildman–Crippen MR) is 75.3 cm³/mol. The van der Waals surface area contributed by atoms with E-state index in [1.54, 1.807) is 10.9 Å². The van der Waals surface area contributed by atoms with E-state index in [-0.39, 0.29) is 11.1 Å². The molecule has 0 spiro atoms. The van der Waals surface area contributed by atoms with Gasteiger partial charge >= 0.3 is 6.03 Å². The lowest BCUT2D eigenvalue weighted by atomic mass is 10.3. The molecule has 0 radical (unpaired) electrons. The van der Waals surface area contributed by atoms with Crippen LogP contribution >= 0.6 is 11.6 Å². The first kappa shape index (κ1) is 14.3. The molecule has 0 unspecified atom stereocenters. The summed E-state index contributed by atoms with van der Waals surface area (Å²) in [4.78, 5) is 11.6. The molecule has 0 aliphatic carbocycles. The van der Waals surface area contributed by atoms with E-state index in [9.17, 15) is 9.18 Å². The van der Waals surface area contributed by atoms with Crippen LogP contribution in [0.25, 0.3) is 0 Å². The lowest BCUT2D eigenvalue weighted by molar-refractivity contribution is 0.251. The highest BCUT2D eigenvalue weighted by Gasteiger charge is 2.04. The van der Waals surface area contributed by atoms with Crippen LogP contribution in [0.1, 0.15) is 6.42 Å². The van der Waals surface area contributed by atoms with E-state index in [1.807, 2.05) is 12.3 Å². The van der Waals surface area contributed by atoms with Gasteiger partial charge in [-0.1, -0.05) is 11.6 Å². The highest BCUT2D eigenvalue weighted by Crippen LogP contribution is 2.18. The Hall–Kier alpha value is -2.08. The van der Waals surface area contributed by atoms with E-state index in [4.69, 9.17) is 11.6 Å². The molecular weight excluding hydrogens is 283 g/mol. The number of aromatic nitrogens is 2. The molecule has 2 amide bonds. The molecule has 0 bridgehead atoms. The van der Waals surface area contributed by atoms with Crippen LogP contribution < -0.4 is 10.6 Å². The summed E-state index contributed by atoms with van der Waals surface area (Å²) >= 11 is 5.56. The van der Waals surface area contributed by atoms with Gasteiger partial charge in [-0.3, -0.25) is 4.68 Å². The fourth-order valence-electron chi connectivity index (χ4n) is 1.62.